The molecule has 0 bridgehead atoms. The largest absolute Gasteiger partial charge is 0.342 e. The summed E-state index contributed by atoms with van der Waals surface area (Å²) >= 11 is 4.98. The van der Waals surface area contributed by atoms with E-state index in [1.54, 1.807) is 0 Å². The first-order valence-electron chi connectivity index (χ1n) is 10.3. The second-order valence-electron chi connectivity index (χ2n) is 7.43. The lowest BCUT2D eigenvalue weighted by Crippen LogP contribution is -2.36. The zero-order valence-corrected chi connectivity index (χ0v) is 19.2. The van der Waals surface area contributed by atoms with Gasteiger partial charge in [-0.1, -0.05) is 70.2 Å². The molecule has 7 heteroatoms. The molecule has 0 aliphatic carbocycles. The molecule has 1 fully saturated rings. The van der Waals surface area contributed by atoms with E-state index in [2.05, 4.69) is 55.0 Å². The predicted octanol–water partition coefficient (Wildman–Crippen LogP) is 5.05. The van der Waals surface area contributed by atoms with Crippen LogP contribution in [0.15, 0.2) is 64.2 Å². The van der Waals surface area contributed by atoms with Crippen LogP contribution in [-0.4, -0.2) is 44.4 Å². The summed E-state index contributed by atoms with van der Waals surface area (Å²) in [6.45, 7) is 2.52. The third-order valence-electron chi connectivity index (χ3n) is 5.32. The van der Waals surface area contributed by atoms with Gasteiger partial charge in [0.1, 0.15) is 0 Å². The maximum absolute atomic E-state index is 12.6. The van der Waals surface area contributed by atoms with Gasteiger partial charge >= 0.3 is 0 Å². The van der Waals surface area contributed by atoms with Crippen molar-refractivity contribution in [1.82, 2.24) is 19.7 Å². The predicted molar refractivity (Wildman–Crippen MR) is 124 cm³/mol. The highest BCUT2D eigenvalue weighted by Crippen LogP contribution is 2.26. The number of hydrogen-bond donors (Lipinski definition) is 0. The highest BCUT2D eigenvalue weighted by molar-refractivity contribution is 9.10. The van der Waals surface area contributed by atoms with Gasteiger partial charge in [-0.25, -0.2) is 0 Å². The quantitative estimate of drug-likeness (QED) is 0.440. The van der Waals surface area contributed by atoms with Gasteiger partial charge in [-0.05, 0) is 43.4 Å². The Hall–Kier alpha value is -2.12. The summed E-state index contributed by atoms with van der Waals surface area (Å²) < 4.78 is 3.17. The molecule has 4 rings (SSSR count). The third-order valence-corrected chi connectivity index (χ3v) is 6.80. The van der Waals surface area contributed by atoms with Crippen molar-refractivity contribution in [3.05, 3.63) is 64.6 Å². The fourth-order valence-corrected chi connectivity index (χ4v) is 4.79. The Morgan fingerprint density at radius 2 is 1.70 bits per heavy atom. The van der Waals surface area contributed by atoms with Crippen molar-refractivity contribution in [2.24, 2.45) is 0 Å². The lowest BCUT2D eigenvalue weighted by molar-refractivity contribution is -0.129. The first kappa shape index (κ1) is 21.1. The van der Waals surface area contributed by atoms with Gasteiger partial charge in [0.05, 0.1) is 5.75 Å². The van der Waals surface area contributed by atoms with E-state index in [1.165, 1.54) is 23.7 Å². The van der Waals surface area contributed by atoms with Crippen LogP contribution in [0.4, 0.5) is 0 Å². The van der Waals surface area contributed by atoms with Crippen LogP contribution in [0.2, 0.25) is 0 Å². The number of carbonyl (C=O) groups excluding carboxylic acids is 1. The van der Waals surface area contributed by atoms with Crippen LogP contribution < -0.4 is 0 Å². The summed E-state index contributed by atoms with van der Waals surface area (Å²) in [4.78, 5) is 14.6. The molecule has 1 aromatic heterocycles. The minimum atomic E-state index is 0.197. The van der Waals surface area contributed by atoms with Crippen LogP contribution in [0.5, 0.6) is 0 Å². The average molecular weight is 485 g/mol. The van der Waals surface area contributed by atoms with Crippen LogP contribution in [0.3, 0.4) is 0 Å². The molecule has 0 atom stereocenters. The fourth-order valence-electron chi connectivity index (χ4n) is 3.66. The molecular formula is C23H25BrN4OS. The van der Waals surface area contributed by atoms with Crippen LogP contribution in [0, 0.1) is 0 Å². The number of rotatable bonds is 7. The van der Waals surface area contributed by atoms with Crippen molar-refractivity contribution >= 4 is 33.6 Å². The van der Waals surface area contributed by atoms with Gasteiger partial charge in [0, 0.05) is 29.7 Å². The maximum Gasteiger partial charge on any atom is 0.233 e. The normalized spacial score (nSPS) is 14.1. The molecule has 0 N–H and O–H groups in total. The molecule has 1 aliphatic rings. The molecule has 5 nitrogen and oxygen atoms in total. The number of nitrogens with zero attached hydrogens (tertiary/aromatic N) is 4. The lowest BCUT2D eigenvalue weighted by Gasteiger charge is -2.26. The van der Waals surface area contributed by atoms with Crippen LogP contribution in [-0.2, 0) is 17.8 Å². The number of carbonyl (C=O) groups is 1. The van der Waals surface area contributed by atoms with Gasteiger partial charge < -0.3 is 9.47 Å². The zero-order chi connectivity index (χ0) is 20.8. The van der Waals surface area contributed by atoms with Gasteiger partial charge in [0.25, 0.3) is 0 Å². The van der Waals surface area contributed by atoms with Crippen molar-refractivity contribution in [2.75, 3.05) is 18.8 Å². The summed E-state index contributed by atoms with van der Waals surface area (Å²) in [6.07, 6.45) is 4.33. The average Bonchev–Trinajstić information content (AvgIpc) is 3.20. The number of thioether (sulfide) groups is 1. The molecule has 0 spiro atoms. The van der Waals surface area contributed by atoms with E-state index < -0.39 is 0 Å². The van der Waals surface area contributed by atoms with Crippen LogP contribution in [0.25, 0.3) is 11.4 Å². The minimum Gasteiger partial charge on any atom is -0.342 e. The van der Waals surface area contributed by atoms with E-state index in [1.807, 2.05) is 35.2 Å². The highest BCUT2D eigenvalue weighted by atomic mass is 79.9. The molecule has 2 aromatic carbocycles. The first-order valence-corrected chi connectivity index (χ1v) is 12.1. The Labute approximate surface area is 190 Å². The second-order valence-corrected chi connectivity index (χ2v) is 9.29. The van der Waals surface area contributed by atoms with E-state index in [9.17, 15) is 4.79 Å². The first-order chi connectivity index (χ1) is 14.7. The van der Waals surface area contributed by atoms with Gasteiger partial charge in [-0.3, -0.25) is 4.79 Å². The van der Waals surface area contributed by atoms with Gasteiger partial charge in [0.2, 0.25) is 5.91 Å². The summed E-state index contributed by atoms with van der Waals surface area (Å²) in [6, 6.07) is 18.5. The Kier molecular flexibility index (Phi) is 7.23. The van der Waals surface area contributed by atoms with E-state index in [-0.39, 0.29) is 5.91 Å². The van der Waals surface area contributed by atoms with Crippen molar-refractivity contribution in [2.45, 2.75) is 37.4 Å². The molecule has 3 aromatic rings. The zero-order valence-electron chi connectivity index (χ0n) is 16.8. The SMILES string of the molecule is O=C(CSc1nnc(-c2ccc(Br)cc2)n1CCc1ccccc1)N1CCCCC1. The second kappa shape index (κ2) is 10.3. The molecule has 30 heavy (non-hydrogen) atoms. The lowest BCUT2D eigenvalue weighted by atomic mass is 10.1. The van der Waals surface area contributed by atoms with E-state index >= 15 is 0 Å². The maximum atomic E-state index is 12.6. The van der Waals surface area contributed by atoms with E-state index in [0.29, 0.717) is 5.75 Å². The molecule has 2 heterocycles. The molecule has 1 saturated heterocycles. The summed E-state index contributed by atoms with van der Waals surface area (Å²) in [7, 11) is 0. The summed E-state index contributed by atoms with van der Waals surface area (Å²) in [5.41, 5.74) is 2.29. The standard InChI is InChI=1S/C23H25BrN4OS/c24-20-11-9-19(10-12-20)22-25-26-23(28(22)16-13-18-7-3-1-4-8-18)30-17-21(29)27-14-5-2-6-15-27/h1,3-4,7-12H,2,5-6,13-17H2. The Morgan fingerprint density at radius 1 is 0.967 bits per heavy atom. The number of aromatic nitrogens is 3. The fraction of sp³-hybridized carbons (Fsp3) is 0.348. The minimum absolute atomic E-state index is 0.197. The van der Waals surface area contributed by atoms with Gasteiger partial charge in [-0.15, -0.1) is 10.2 Å². The number of piperidine rings is 1. The number of hydrogen-bond acceptors (Lipinski definition) is 4. The number of likely N-dealkylation sites (tertiary alicyclic amines) is 1. The summed E-state index contributed by atoms with van der Waals surface area (Å²) in [5.74, 6) is 1.44. The Morgan fingerprint density at radius 3 is 2.43 bits per heavy atom. The Balaban J connectivity index is 1.52. The number of amides is 1. The van der Waals surface area contributed by atoms with Crippen molar-refractivity contribution in [3.63, 3.8) is 0 Å². The number of halogens is 1. The molecule has 156 valence electrons. The number of aryl methyl sites for hydroxylation is 1. The topological polar surface area (TPSA) is 51.0 Å². The van der Waals surface area contributed by atoms with E-state index in [4.69, 9.17) is 0 Å². The van der Waals surface area contributed by atoms with Gasteiger partial charge in [-0.2, -0.15) is 0 Å². The van der Waals surface area contributed by atoms with Crippen molar-refractivity contribution in [3.8, 4) is 11.4 Å². The monoisotopic (exact) mass is 484 g/mol. The van der Waals surface area contributed by atoms with Gasteiger partial charge in [0.15, 0.2) is 11.0 Å². The Bertz CT molecular complexity index is 969. The van der Waals surface area contributed by atoms with Crippen molar-refractivity contribution < 1.29 is 4.79 Å². The van der Waals surface area contributed by atoms with E-state index in [0.717, 1.165) is 59.9 Å². The number of benzene rings is 2. The molecule has 0 saturated carbocycles. The molecule has 0 radical (unpaired) electrons. The van der Waals surface area contributed by atoms with Crippen molar-refractivity contribution in [1.29, 1.82) is 0 Å². The smallest absolute Gasteiger partial charge is 0.233 e. The van der Waals surface area contributed by atoms with Crippen LogP contribution >= 0.6 is 27.7 Å². The molecule has 1 aliphatic heterocycles. The summed E-state index contributed by atoms with van der Waals surface area (Å²) in [5, 5.41) is 9.71. The molecule has 1 amide bonds. The highest BCUT2D eigenvalue weighted by Gasteiger charge is 2.19. The third kappa shape index (κ3) is 5.32. The molecular weight excluding hydrogens is 460 g/mol. The van der Waals surface area contributed by atoms with Crippen LogP contribution in [0.1, 0.15) is 24.8 Å². The molecule has 0 unspecified atom stereocenters.